The highest BCUT2D eigenvalue weighted by Gasteiger charge is 2.39. The molecule has 0 spiro atoms. The summed E-state index contributed by atoms with van der Waals surface area (Å²) in [5, 5.41) is 3.32. The molecule has 1 N–H and O–H groups in total. The fraction of sp³-hybridized carbons (Fsp3) is 0.462. The molecule has 2 heterocycles. The number of hydrogen-bond donors (Lipinski definition) is 1. The Bertz CT molecular complexity index is 462. The molecule has 0 bridgehead atoms. The number of carbonyl (C=O) groups excluding carboxylic acids is 1. The van der Waals surface area contributed by atoms with Gasteiger partial charge in [-0.25, -0.2) is 4.39 Å². The first-order chi connectivity index (χ1) is 8.66. The minimum absolute atomic E-state index is 0.158. The molecule has 18 heavy (non-hydrogen) atoms. The van der Waals surface area contributed by atoms with Crippen molar-refractivity contribution in [2.24, 2.45) is 11.8 Å². The Kier molecular flexibility index (Phi) is 3.11. The minimum Gasteiger partial charge on any atom is -0.338 e. The smallest absolute Gasteiger partial charge is 0.258 e. The van der Waals surface area contributed by atoms with Crippen molar-refractivity contribution in [1.82, 2.24) is 10.2 Å². The van der Waals surface area contributed by atoms with Gasteiger partial charge >= 0.3 is 0 Å². The van der Waals surface area contributed by atoms with E-state index in [1.165, 1.54) is 6.07 Å². The molecule has 0 radical (unpaired) electrons. The second-order valence-corrected chi connectivity index (χ2v) is 5.84. The predicted molar refractivity (Wildman–Crippen MR) is 69.9 cm³/mol. The number of nitrogens with zero attached hydrogens (tertiary/aromatic N) is 1. The number of hydrogen-bond acceptors (Lipinski definition) is 2. The first-order valence-electron chi connectivity index (χ1n) is 6.11. The van der Waals surface area contributed by atoms with Gasteiger partial charge in [-0.2, -0.15) is 0 Å². The average molecular weight is 313 g/mol. The summed E-state index contributed by atoms with van der Waals surface area (Å²) < 4.78 is 14.3. The summed E-state index contributed by atoms with van der Waals surface area (Å²) in [6.45, 7) is 3.40. The van der Waals surface area contributed by atoms with Gasteiger partial charge in [0.15, 0.2) is 0 Å². The van der Waals surface area contributed by atoms with Crippen molar-refractivity contribution in [3.05, 3.63) is 34.1 Å². The van der Waals surface area contributed by atoms with Crippen LogP contribution in [0.1, 0.15) is 10.4 Å². The first-order valence-corrected chi connectivity index (χ1v) is 6.90. The number of nitrogens with one attached hydrogen (secondary N) is 1. The third-order valence-electron chi connectivity index (χ3n) is 3.85. The second-order valence-electron chi connectivity index (χ2n) is 4.99. The predicted octanol–water partition coefficient (Wildman–Crippen LogP) is 1.88. The van der Waals surface area contributed by atoms with Crippen LogP contribution in [0.5, 0.6) is 0 Å². The third kappa shape index (κ3) is 1.95. The van der Waals surface area contributed by atoms with E-state index < -0.39 is 5.82 Å². The number of rotatable bonds is 1. The summed E-state index contributed by atoms with van der Waals surface area (Å²) in [5.41, 5.74) is 0.158. The van der Waals surface area contributed by atoms with Crippen LogP contribution in [0.4, 0.5) is 4.39 Å². The summed E-state index contributed by atoms with van der Waals surface area (Å²) in [5.74, 6) is 0.401. The zero-order chi connectivity index (χ0) is 12.7. The largest absolute Gasteiger partial charge is 0.338 e. The highest BCUT2D eigenvalue weighted by molar-refractivity contribution is 9.10. The van der Waals surface area contributed by atoms with E-state index in [2.05, 4.69) is 21.2 Å². The van der Waals surface area contributed by atoms with Crippen LogP contribution < -0.4 is 5.32 Å². The molecule has 5 heteroatoms. The van der Waals surface area contributed by atoms with E-state index >= 15 is 0 Å². The van der Waals surface area contributed by atoms with Crippen molar-refractivity contribution >= 4 is 21.8 Å². The summed E-state index contributed by atoms with van der Waals surface area (Å²) >= 11 is 3.26. The highest BCUT2D eigenvalue weighted by atomic mass is 79.9. The van der Waals surface area contributed by atoms with Crippen molar-refractivity contribution in [3.8, 4) is 0 Å². The molecule has 1 aromatic carbocycles. The van der Waals surface area contributed by atoms with Crippen LogP contribution in [-0.2, 0) is 0 Å². The van der Waals surface area contributed by atoms with Crippen LogP contribution in [0.3, 0.4) is 0 Å². The molecule has 0 saturated carbocycles. The van der Waals surface area contributed by atoms with Crippen molar-refractivity contribution in [2.75, 3.05) is 26.2 Å². The van der Waals surface area contributed by atoms with Crippen LogP contribution in [0.25, 0.3) is 0 Å². The molecule has 0 aliphatic carbocycles. The van der Waals surface area contributed by atoms with Crippen molar-refractivity contribution in [2.45, 2.75) is 0 Å². The maximum absolute atomic E-state index is 13.8. The third-order valence-corrected chi connectivity index (χ3v) is 4.51. The number of benzene rings is 1. The number of fused-ring (bicyclic) bond motifs is 1. The molecule has 2 aliphatic heterocycles. The van der Waals surface area contributed by atoms with Crippen LogP contribution in [0.15, 0.2) is 22.7 Å². The molecule has 2 atom stereocenters. The summed E-state index contributed by atoms with van der Waals surface area (Å²) in [6, 6.07) is 4.63. The molecular weight excluding hydrogens is 299 g/mol. The summed E-state index contributed by atoms with van der Waals surface area (Å²) in [7, 11) is 0. The van der Waals surface area contributed by atoms with Gasteiger partial charge in [0.25, 0.3) is 5.91 Å². The second kappa shape index (κ2) is 4.63. The molecule has 1 amide bonds. The van der Waals surface area contributed by atoms with Gasteiger partial charge in [0, 0.05) is 30.7 Å². The van der Waals surface area contributed by atoms with Crippen LogP contribution >= 0.6 is 15.9 Å². The Morgan fingerprint density at radius 3 is 2.61 bits per heavy atom. The Labute approximate surface area is 113 Å². The maximum Gasteiger partial charge on any atom is 0.258 e. The average Bonchev–Trinajstić information content (AvgIpc) is 2.88. The molecule has 2 saturated heterocycles. The molecule has 2 unspecified atom stereocenters. The summed E-state index contributed by atoms with van der Waals surface area (Å²) in [6.07, 6.45) is 0. The van der Waals surface area contributed by atoms with Crippen LogP contribution in [0, 0.1) is 17.7 Å². The number of halogens is 2. The number of likely N-dealkylation sites (tertiary alicyclic amines) is 1. The van der Waals surface area contributed by atoms with Crippen molar-refractivity contribution in [1.29, 1.82) is 0 Å². The Morgan fingerprint density at radius 1 is 1.33 bits per heavy atom. The van der Waals surface area contributed by atoms with Gasteiger partial charge in [-0.3, -0.25) is 4.79 Å². The van der Waals surface area contributed by atoms with Crippen molar-refractivity contribution in [3.63, 3.8) is 0 Å². The highest BCUT2D eigenvalue weighted by Crippen LogP contribution is 2.29. The quantitative estimate of drug-likeness (QED) is 0.859. The monoisotopic (exact) mass is 312 g/mol. The van der Waals surface area contributed by atoms with Gasteiger partial charge in [-0.05, 0) is 39.9 Å². The van der Waals surface area contributed by atoms with E-state index in [1.807, 2.05) is 0 Å². The molecule has 96 valence electrons. The minimum atomic E-state index is -0.454. The van der Waals surface area contributed by atoms with E-state index in [0.717, 1.165) is 26.2 Å². The van der Waals surface area contributed by atoms with Gasteiger partial charge in [-0.1, -0.05) is 6.07 Å². The zero-order valence-electron chi connectivity index (χ0n) is 9.83. The van der Waals surface area contributed by atoms with Crippen LogP contribution in [-0.4, -0.2) is 37.0 Å². The van der Waals surface area contributed by atoms with Gasteiger partial charge in [0.2, 0.25) is 0 Å². The van der Waals surface area contributed by atoms with E-state index in [9.17, 15) is 9.18 Å². The topological polar surface area (TPSA) is 32.3 Å². The van der Waals surface area contributed by atoms with Crippen LogP contribution in [0.2, 0.25) is 0 Å². The van der Waals surface area contributed by atoms with E-state index in [-0.39, 0.29) is 11.5 Å². The first kappa shape index (κ1) is 12.1. The molecular formula is C13H14BrFN2O. The molecule has 2 fully saturated rings. The molecule has 1 aromatic rings. The maximum atomic E-state index is 13.8. The summed E-state index contributed by atoms with van der Waals surface area (Å²) in [4.78, 5) is 14.1. The Hall–Kier alpha value is -0.940. The lowest BCUT2D eigenvalue weighted by molar-refractivity contribution is 0.0776. The Balaban J connectivity index is 1.83. The van der Waals surface area contributed by atoms with Gasteiger partial charge in [-0.15, -0.1) is 0 Å². The molecule has 3 nitrogen and oxygen atoms in total. The van der Waals surface area contributed by atoms with E-state index in [4.69, 9.17) is 0 Å². The molecule has 3 rings (SSSR count). The SMILES string of the molecule is O=C(c1c(F)cccc1Br)N1CC2CNCC2C1. The lowest BCUT2D eigenvalue weighted by atomic mass is 10.0. The Morgan fingerprint density at radius 2 is 2.00 bits per heavy atom. The fourth-order valence-corrected chi connectivity index (χ4v) is 3.39. The van der Waals surface area contributed by atoms with E-state index in [0.29, 0.717) is 16.3 Å². The lowest BCUT2D eigenvalue weighted by Gasteiger charge is -2.18. The molecule has 0 aromatic heterocycles. The number of carbonyl (C=O) groups is 1. The zero-order valence-corrected chi connectivity index (χ0v) is 11.4. The van der Waals surface area contributed by atoms with Gasteiger partial charge in [0.1, 0.15) is 5.82 Å². The van der Waals surface area contributed by atoms with E-state index in [1.54, 1.807) is 17.0 Å². The normalized spacial score (nSPS) is 26.4. The van der Waals surface area contributed by atoms with Crippen molar-refractivity contribution < 1.29 is 9.18 Å². The standard InChI is InChI=1S/C13H14BrFN2O/c14-10-2-1-3-11(15)12(10)13(18)17-6-8-4-16-5-9(8)7-17/h1-3,8-9,16H,4-7H2. The van der Waals surface area contributed by atoms with Gasteiger partial charge in [0.05, 0.1) is 5.56 Å². The molecule has 2 aliphatic rings. The lowest BCUT2D eigenvalue weighted by Crippen LogP contribution is -2.32. The number of amides is 1. The fourth-order valence-electron chi connectivity index (χ4n) is 2.88. The van der Waals surface area contributed by atoms with Gasteiger partial charge < -0.3 is 10.2 Å².